The molecule has 0 atom stereocenters. The van der Waals surface area contributed by atoms with Crippen LogP contribution in [0.25, 0.3) is 0 Å². The molecule has 0 saturated carbocycles. The Morgan fingerprint density at radius 1 is 1.64 bits per heavy atom. The molecule has 0 rings (SSSR count). The average molecular weight is 157 g/mol. The van der Waals surface area contributed by atoms with Crippen molar-refractivity contribution in [1.29, 1.82) is 0 Å². The number of nitrogens with one attached hydrogen (secondary N) is 1. The van der Waals surface area contributed by atoms with Gasteiger partial charge in [-0.15, -0.1) is 0 Å². The van der Waals surface area contributed by atoms with Crippen LogP contribution in [0.5, 0.6) is 0 Å². The van der Waals surface area contributed by atoms with Gasteiger partial charge in [0.25, 0.3) is 0 Å². The van der Waals surface area contributed by atoms with Gasteiger partial charge in [0.15, 0.2) is 0 Å². The first-order valence-electron chi connectivity index (χ1n) is 3.79. The highest BCUT2D eigenvalue weighted by atomic mass is 16.4. The molecule has 0 aromatic heterocycles. The van der Waals surface area contributed by atoms with Crippen molar-refractivity contribution in [1.82, 2.24) is 5.32 Å². The number of aliphatic carboxylic acids is 1. The van der Waals surface area contributed by atoms with E-state index in [-0.39, 0.29) is 0 Å². The SMILES string of the molecule is CCCNCC=C(C)C(=O)O. The molecule has 0 saturated heterocycles. The minimum atomic E-state index is -0.844. The van der Waals surface area contributed by atoms with Crippen molar-refractivity contribution in [2.45, 2.75) is 20.3 Å². The number of hydrogen-bond acceptors (Lipinski definition) is 2. The molecule has 3 nitrogen and oxygen atoms in total. The van der Waals surface area contributed by atoms with Crippen LogP contribution < -0.4 is 5.32 Å². The van der Waals surface area contributed by atoms with E-state index < -0.39 is 5.97 Å². The molecule has 0 aromatic carbocycles. The summed E-state index contributed by atoms with van der Waals surface area (Å²) in [7, 11) is 0. The lowest BCUT2D eigenvalue weighted by Crippen LogP contribution is -2.15. The lowest BCUT2D eigenvalue weighted by Gasteiger charge is -1.97. The van der Waals surface area contributed by atoms with Crippen LogP contribution >= 0.6 is 0 Å². The zero-order chi connectivity index (χ0) is 8.69. The number of carbonyl (C=O) groups is 1. The summed E-state index contributed by atoms with van der Waals surface area (Å²) in [5.41, 5.74) is 0.397. The summed E-state index contributed by atoms with van der Waals surface area (Å²) in [6.07, 6.45) is 2.75. The van der Waals surface area contributed by atoms with Crippen LogP contribution in [-0.2, 0) is 4.79 Å². The van der Waals surface area contributed by atoms with Gasteiger partial charge in [-0.2, -0.15) is 0 Å². The first-order chi connectivity index (χ1) is 5.18. The maximum atomic E-state index is 10.3. The average Bonchev–Trinajstić information content (AvgIpc) is 1.97. The fraction of sp³-hybridized carbons (Fsp3) is 0.625. The van der Waals surface area contributed by atoms with Gasteiger partial charge < -0.3 is 10.4 Å². The molecule has 0 unspecified atom stereocenters. The molecule has 0 aliphatic rings. The predicted octanol–water partition coefficient (Wildman–Crippen LogP) is 1.02. The van der Waals surface area contributed by atoms with Crippen LogP contribution in [0.1, 0.15) is 20.3 Å². The van der Waals surface area contributed by atoms with Crippen LogP contribution in [-0.4, -0.2) is 24.2 Å². The van der Waals surface area contributed by atoms with Crippen molar-refractivity contribution in [3.63, 3.8) is 0 Å². The first-order valence-corrected chi connectivity index (χ1v) is 3.79. The monoisotopic (exact) mass is 157 g/mol. The second kappa shape index (κ2) is 5.92. The minimum absolute atomic E-state index is 0.397. The number of carboxylic acids is 1. The van der Waals surface area contributed by atoms with Crippen LogP contribution in [0.15, 0.2) is 11.6 Å². The molecular weight excluding hydrogens is 142 g/mol. The maximum absolute atomic E-state index is 10.3. The van der Waals surface area contributed by atoms with E-state index >= 15 is 0 Å². The highest BCUT2D eigenvalue weighted by Crippen LogP contribution is 1.89. The Labute approximate surface area is 67.1 Å². The Morgan fingerprint density at radius 3 is 2.73 bits per heavy atom. The van der Waals surface area contributed by atoms with E-state index in [1.165, 1.54) is 0 Å². The molecule has 3 heteroatoms. The summed E-state index contributed by atoms with van der Waals surface area (Å²) in [5, 5.41) is 11.5. The van der Waals surface area contributed by atoms with Crippen molar-refractivity contribution in [2.75, 3.05) is 13.1 Å². The predicted molar refractivity (Wildman–Crippen MR) is 44.6 cm³/mol. The summed E-state index contributed by atoms with van der Waals surface area (Å²) >= 11 is 0. The molecule has 11 heavy (non-hydrogen) atoms. The van der Waals surface area contributed by atoms with E-state index in [0.29, 0.717) is 12.1 Å². The zero-order valence-corrected chi connectivity index (χ0v) is 7.05. The Kier molecular flexibility index (Phi) is 5.47. The topological polar surface area (TPSA) is 49.3 Å². The summed E-state index contributed by atoms with van der Waals surface area (Å²) < 4.78 is 0. The van der Waals surface area contributed by atoms with E-state index in [1.807, 2.05) is 0 Å². The van der Waals surface area contributed by atoms with Gasteiger partial charge in [-0.1, -0.05) is 13.0 Å². The molecular formula is C8H15NO2. The molecule has 0 spiro atoms. The molecule has 0 fully saturated rings. The normalized spacial score (nSPS) is 11.6. The fourth-order valence-corrected chi connectivity index (χ4v) is 0.591. The van der Waals surface area contributed by atoms with E-state index in [9.17, 15) is 4.79 Å². The van der Waals surface area contributed by atoms with Crippen molar-refractivity contribution < 1.29 is 9.90 Å². The lowest BCUT2D eigenvalue weighted by molar-refractivity contribution is -0.132. The highest BCUT2D eigenvalue weighted by Gasteiger charge is 1.96. The third-order valence-electron chi connectivity index (χ3n) is 1.32. The van der Waals surface area contributed by atoms with Crippen LogP contribution in [0, 0.1) is 0 Å². The van der Waals surface area contributed by atoms with Crippen LogP contribution in [0.2, 0.25) is 0 Å². The van der Waals surface area contributed by atoms with Gasteiger partial charge in [-0.3, -0.25) is 0 Å². The van der Waals surface area contributed by atoms with Gasteiger partial charge in [0.05, 0.1) is 0 Å². The van der Waals surface area contributed by atoms with Crippen molar-refractivity contribution in [3.8, 4) is 0 Å². The minimum Gasteiger partial charge on any atom is -0.478 e. The van der Waals surface area contributed by atoms with Gasteiger partial charge in [0.1, 0.15) is 0 Å². The Hall–Kier alpha value is -0.830. The van der Waals surface area contributed by atoms with Crippen molar-refractivity contribution in [3.05, 3.63) is 11.6 Å². The van der Waals surface area contributed by atoms with Crippen molar-refractivity contribution in [2.24, 2.45) is 0 Å². The molecule has 0 heterocycles. The smallest absolute Gasteiger partial charge is 0.330 e. The summed E-state index contributed by atoms with van der Waals surface area (Å²) in [4.78, 5) is 10.3. The van der Waals surface area contributed by atoms with E-state index in [1.54, 1.807) is 13.0 Å². The van der Waals surface area contributed by atoms with Gasteiger partial charge in [0, 0.05) is 12.1 Å². The summed E-state index contributed by atoms with van der Waals surface area (Å²) in [5.74, 6) is -0.844. The fourth-order valence-electron chi connectivity index (χ4n) is 0.591. The molecule has 2 N–H and O–H groups in total. The second-order valence-corrected chi connectivity index (χ2v) is 2.40. The quantitative estimate of drug-likeness (QED) is 0.462. The molecule has 0 aliphatic heterocycles. The largest absolute Gasteiger partial charge is 0.478 e. The highest BCUT2D eigenvalue weighted by molar-refractivity contribution is 5.85. The zero-order valence-electron chi connectivity index (χ0n) is 7.05. The molecule has 0 aliphatic carbocycles. The Morgan fingerprint density at radius 2 is 2.27 bits per heavy atom. The van der Waals surface area contributed by atoms with Gasteiger partial charge in [-0.05, 0) is 19.9 Å². The second-order valence-electron chi connectivity index (χ2n) is 2.40. The number of rotatable bonds is 5. The van der Waals surface area contributed by atoms with Gasteiger partial charge >= 0.3 is 5.97 Å². The van der Waals surface area contributed by atoms with Gasteiger partial charge in [-0.25, -0.2) is 4.79 Å². The molecule has 0 bridgehead atoms. The van der Waals surface area contributed by atoms with Crippen LogP contribution in [0.3, 0.4) is 0 Å². The number of carboxylic acid groups (broad SMARTS) is 1. The number of hydrogen-bond donors (Lipinski definition) is 2. The molecule has 0 amide bonds. The third kappa shape index (κ3) is 5.61. The van der Waals surface area contributed by atoms with Crippen LogP contribution in [0.4, 0.5) is 0 Å². The van der Waals surface area contributed by atoms with E-state index in [0.717, 1.165) is 13.0 Å². The Bertz CT molecular complexity index is 152. The summed E-state index contributed by atoms with van der Waals surface area (Å²) in [6, 6.07) is 0. The molecule has 0 aromatic rings. The van der Waals surface area contributed by atoms with E-state index in [2.05, 4.69) is 12.2 Å². The Balaban J connectivity index is 3.48. The standard InChI is InChI=1S/C8H15NO2/c1-3-5-9-6-4-7(2)8(10)11/h4,9H,3,5-6H2,1-2H3,(H,10,11). The third-order valence-corrected chi connectivity index (χ3v) is 1.32. The first kappa shape index (κ1) is 10.2. The molecule has 0 radical (unpaired) electrons. The van der Waals surface area contributed by atoms with Crippen molar-refractivity contribution >= 4 is 5.97 Å². The molecule has 64 valence electrons. The summed E-state index contributed by atoms with van der Waals surface area (Å²) in [6.45, 7) is 5.24. The lowest BCUT2D eigenvalue weighted by atomic mass is 10.3. The van der Waals surface area contributed by atoms with Gasteiger partial charge in [0.2, 0.25) is 0 Å². The van der Waals surface area contributed by atoms with E-state index in [4.69, 9.17) is 5.11 Å². The maximum Gasteiger partial charge on any atom is 0.330 e.